The van der Waals surface area contributed by atoms with Crippen LogP contribution in [-0.2, 0) is 4.79 Å². The normalized spacial score (nSPS) is 17.0. The van der Waals surface area contributed by atoms with Crippen LogP contribution < -0.4 is 15.0 Å². The summed E-state index contributed by atoms with van der Waals surface area (Å²) in [6.45, 7) is 5.45. The number of anilines is 2. The number of nitrogens with zero attached hydrogens (tertiary/aromatic N) is 1. The number of rotatable bonds is 4. The quantitative estimate of drug-likeness (QED) is 0.907. The summed E-state index contributed by atoms with van der Waals surface area (Å²) < 4.78 is 5.81. The molecule has 2 aromatic carbocycles. The highest BCUT2D eigenvalue weighted by Gasteiger charge is 2.26. The van der Waals surface area contributed by atoms with Gasteiger partial charge in [0.15, 0.2) is 0 Å². The molecule has 1 aliphatic rings. The van der Waals surface area contributed by atoms with E-state index in [1.54, 1.807) is 0 Å². The van der Waals surface area contributed by atoms with Gasteiger partial charge in [-0.3, -0.25) is 4.79 Å². The fraction of sp³-hybridized carbons (Fsp3) is 0.316. The molecule has 0 aliphatic carbocycles. The van der Waals surface area contributed by atoms with Crippen LogP contribution >= 0.6 is 11.6 Å². The lowest BCUT2D eigenvalue weighted by Crippen LogP contribution is -2.38. The van der Waals surface area contributed by atoms with E-state index in [-0.39, 0.29) is 11.8 Å². The van der Waals surface area contributed by atoms with Gasteiger partial charge >= 0.3 is 0 Å². The molecule has 5 heteroatoms. The predicted octanol–water partition coefficient (Wildman–Crippen LogP) is 4.12. The zero-order valence-corrected chi connectivity index (χ0v) is 14.6. The monoisotopic (exact) mass is 344 g/mol. The van der Waals surface area contributed by atoms with Gasteiger partial charge in [0.1, 0.15) is 12.4 Å². The number of hydrogen-bond donors (Lipinski definition) is 1. The molecule has 126 valence electrons. The van der Waals surface area contributed by atoms with E-state index in [0.717, 1.165) is 27.7 Å². The molecule has 1 amide bonds. The Balaban J connectivity index is 1.72. The SMILES string of the molecule is Cc1cc(OCCN2C(=O)[C@H](C)CNc3ccccc32)ccc1Cl. The van der Waals surface area contributed by atoms with E-state index in [0.29, 0.717) is 19.7 Å². The summed E-state index contributed by atoms with van der Waals surface area (Å²) in [5, 5.41) is 4.06. The summed E-state index contributed by atoms with van der Waals surface area (Å²) in [5.74, 6) is 0.803. The van der Waals surface area contributed by atoms with Crippen molar-refractivity contribution in [2.24, 2.45) is 5.92 Å². The third-order valence-corrected chi connectivity index (χ3v) is 4.62. The van der Waals surface area contributed by atoms with Gasteiger partial charge in [0.2, 0.25) is 5.91 Å². The topological polar surface area (TPSA) is 41.6 Å². The number of carbonyl (C=O) groups excluding carboxylic acids is 1. The smallest absolute Gasteiger partial charge is 0.231 e. The van der Waals surface area contributed by atoms with Crippen molar-refractivity contribution in [3.05, 3.63) is 53.1 Å². The summed E-state index contributed by atoms with van der Waals surface area (Å²) in [5.41, 5.74) is 2.86. The van der Waals surface area contributed by atoms with Crippen LogP contribution in [0.3, 0.4) is 0 Å². The molecular weight excluding hydrogens is 324 g/mol. The molecule has 0 saturated carbocycles. The molecular formula is C19H21ClN2O2. The van der Waals surface area contributed by atoms with Gasteiger partial charge in [0.05, 0.1) is 23.8 Å². The van der Waals surface area contributed by atoms with Crippen LogP contribution in [0.4, 0.5) is 11.4 Å². The molecule has 0 unspecified atom stereocenters. The van der Waals surface area contributed by atoms with Crippen LogP contribution in [0.2, 0.25) is 5.02 Å². The lowest BCUT2D eigenvalue weighted by Gasteiger charge is -2.24. The highest BCUT2D eigenvalue weighted by Crippen LogP contribution is 2.30. The second kappa shape index (κ2) is 7.14. The maximum atomic E-state index is 12.7. The lowest BCUT2D eigenvalue weighted by atomic mass is 10.1. The first-order valence-electron chi connectivity index (χ1n) is 8.09. The third-order valence-electron chi connectivity index (χ3n) is 4.19. The highest BCUT2D eigenvalue weighted by molar-refractivity contribution is 6.31. The van der Waals surface area contributed by atoms with Crippen LogP contribution in [-0.4, -0.2) is 25.6 Å². The predicted molar refractivity (Wildman–Crippen MR) is 98.1 cm³/mol. The molecule has 1 atom stereocenters. The van der Waals surface area contributed by atoms with E-state index >= 15 is 0 Å². The number of para-hydroxylation sites is 2. The molecule has 1 aliphatic heterocycles. The summed E-state index contributed by atoms with van der Waals surface area (Å²) in [4.78, 5) is 14.5. The standard InChI is InChI=1S/C19H21ClN2O2/c1-13-11-15(7-8-16(13)20)24-10-9-22-18-6-4-3-5-17(18)21-12-14(2)19(22)23/h3-8,11,14,21H,9-10,12H2,1-2H3/t14-/m1/s1. The van der Waals surface area contributed by atoms with Gasteiger partial charge in [-0.2, -0.15) is 0 Å². The van der Waals surface area contributed by atoms with Crippen molar-refractivity contribution in [2.75, 3.05) is 29.9 Å². The Morgan fingerprint density at radius 2 is 2.08 bits per heavy atom. The first kappa shape index (κ1) is 16.7. The Morgan fingerprint density at radius 1 is 1.29 bits per heavy atom. The van der Waals surface area contributed by atoms with Crippen molar-refractivity contribution in [1.82, 2.24) is 0 Å². The third kappa shape index (κ3) is 3.49. The Bertz CT molecular complexity index is 748. The summed E-state index contributed by atoms with van der Waals surface area (Å²) in [6, 6.07) is 13.5. The zero-order chi connectivity index (χ0) is 17.1. The van der Waals surface area contributed by atoms with Crippen LogP contribution in [0.25, 0.3) is 0 Å². The number of carbonyl (C=O) groups is 1. The molecule has 4 nitrogen and oxygen atoms in total. The minimum absolute atomic E-state index is 0.0739. The van der Waals surface area contributed by atoms with Crippen molar-refractivity contribution in [1.29, 1.82) is 0 Å². The number of benzene rings is 2. The van der Waals surface area contributed by atoms with Crippen molar-refractivity contribution in [3.63, 3.8) is 0 Å². The second-order valence-corrected chi connectivity index (χ2v) is 6.46. The minimum Gasteiger partial charge on any atom is -0.492 e. The molecule has 0 spiro atoms. The average molecular weight is 345 g/mol. The van der Waals surface area contributed by atoms with Crippen molar-refractivity contribution in [3.8, 4) is 5.75 Å². The molecule has 0 bridgehead atoms. The van der Waals surface area contributed by atoms with E-state index in [1.807, 2.05) is 61.2 Å². The molecule has 3 rings (SSSR count). The number of hydrogen-bond acceptors (Lipinski definition) is 3. The Labute approximate surface area is 147 Å². The first-order valence-corrected chi connectivity index (χ1v) is 8.47. The van der Waals surface area contributed by atoms with Gasteiger partial charge in [0.25, 0.3) is 0 Å². The maximum absolute atomic E-state index is 12.7. The Morgan fingerprint density at radius 3 is 2.88 bits per heavy atom. The van der Waals surface area contributed by atoms with E-state index < -0.39 is 0 Å². The van der Waals surface area contributed by atoms with E-state index in [9.17, 15) is 4.79 Å². The fourth-order valence-corrected chi connectivity index (χ4v) is 2.90. The van der Waals surface area contributed by atoms with Gasteiger partial charge in [-0.25, -0.2) is 0 Å². The van der Waals surface area contributed by atoms with Crippen LogP contribution in [0, 0.1) is 12.8 Å². The van der Waals surface area contributed by atoms with Crippen molar-refractivity contribution in [2.45, 2.75) is 13.8 Å². The molecule has 1 N–H and O–H groups in total. The summed E-state index contributed by atoms with van der Waals surface area (Å²) >= 11 is 6.03. The number of fused-ring (bicyclic) bond motifs is 1. The van der Waals surface area contributed by atoms with Gasteiger partial charge in [-0.05, 0) is 42.8 Å². The number of ether oxygens (including phenoxy) is 1. The van der Waals surface area contributed by atoms with E-state index in [2.05, 4.69) is 5.32 Å². The number of aryl methyl sites for hydroxylation is 1. The highest BCUT2D eigenvalue weighted by atomic mass is 35.5. The molecule has 1 heterocycles. The minimum atomic E-state index is -0.0739. The molecule has 0 radical (unpaired) electrons. The fourth-order valence-electron chi connectivity index (χ4n) is 2.79. The maximum Gasteiger partial charge on any atom is 0.231 e. The number of halogens is 1. The Kier molecular flexibility index (Phi) is 4.95. The first-order chi connectivity index (χ1) is 11.6. The van der Waals surface area contributed by atoms with Gasteiger partial charge in [0, 0.05) is 11.6 Å². The molecule has 2 aromatic rings. The molecule has 0 fully saturated rings. The van der Waals surface area contributed by atoms with Crippen molar-refractivity contribution >= 4 is 28.9 Å². The lowest BCUT2D eigenvalue weighted by molar-refractivity contribution is -0.121. The largest absolute Gasteiger partial charge is 0.492 e. The second-order valence-electron chi connectivity index (χ2n) is 6.05. The van der Waals surface area contributed by atoms with E-state index in [4.69, 9.17) is 16.3 Å². The van der Waals surface area contributed by atoms with Crippen LogP contribution in [0.1, 0.15) is 12.5 Å². The van der Waals surface area contributed by atoms with Gasteiger partial charge in [-0.15, -0.1) is 0 Å². The van der Waals surface area contributed by atoms with Gasteiger partial charge in [-0.1, -0.05) is 30.7 Å². The summed E-state index contributed by atoms with van der Waals surface area (Å²) in [6.07, 6.45) is 0. The average Bonchev–Trinajstić information content (AvgIpc) is 2.70. The zero-order valence-electron chi connectivity index (χ0n) is 13.9. The van der Waals surface area contributed by atoms with Crippen LogP contribution in [0.15, 0.2) is 42.5 Å². The molecule has 0 aromatic heterocycles. The van der Waals surface area contributed by atoms with Crippen LogP contribution in [0.5, 0.6) is 5.75 Å². The van der Waals surface area contributed by atoms with Gasteiger partial charge < -0.3 is 15.0 Å². The van der Waals surface area contributed by atoms with E-state index in [1.165, 1.54) is 0 Å². The number of amides is 1. The van der Waals surface area contributed by atoms with Crippen molar-refractivity contribution < 1.29 is 9.53 Å². The number of nitrogens with one attached hydrogen (secondary N) is 1. The molecule has 0 saturated heterocycles. The molecule has 24 heavy (non-hydrogen) atoms. The summed E-state index contributed by atoms with van der Waals surface area (Å²) in [7, 11) is 0. The Hall–Kier alpha value is -2.20.